The average molecular weight is 466 g/mol. The number of aromatic nitrogens is 2. The van der Waals surface area contributed by atoms with Crippen LogP contribution in [0.5, 0.6) is 0 Å². The zero-order valence-electron chi connectivity index (χ0n) is 18.5. The van der Waals surface area contributed by atoms with Crippen molar-refractivity contribution in [3.63, 3.8) is 0 Å². The lowest BCUT2D eigenvalue weighted by Crippen LogP contribution is -2.30. The standard InChI is InChI=1S/C29H24ClN3O/c30-24-11-8-20(9-12-24)14-16-32-28(21-5-2-1-3-6-21)29(34)26-19-33-27-17-22(10-13-25(26)27)23-7-4-15-31-18-23/h1-13,15,17-19,28,32-33H,14,16H2. The summed E-state index contributed by atoms with van der Waals surface area (Å²) >= 11 is 6.00. The van der Waals surface area contributed by atoms with Gasteiger partial charge in [0.2, 0.25) is 0 Å². The monoisotopic (exact) mass is 465 g/mol. The summed E-state index contributed by atoms with van der Waals surface area (Å²) in [6, 6.07) is 27.3. The lowest BCUT2D eigenvalue weighted by molar-refractivity contribution is 0.0945. The lowest BCUT2D eigenvalue weighted by atomic mass is 9.96. The van der Waals surface area contributed by atoms with Crippen LogP contribution in [0.2, 0.25) is 5.02 Å². The third-order valence-corrected chi connectivity index (χ3v) is 6.26. The number of Topliss-reactive ketones (excluding diaryl/α,β-unsaturated/α-hetero) is 1. The number of aromatic amines is 1. The quantitative estimate of drug-likeness (QED) is 0.252. The maximum absolute atomic E-state index is 13.8. The predicted octanol–water partition coefficient (Wildman–Crippen LogP) is 6.64. The maximum Gasteiger partial charge on any atom is 0.186 e. The van der Waals surface area contributed by atoms with Crippen molar-refractivity contribution in [1.82, 2.24) is 15.3 Å². The normalized spacial score (nSPS) is 12.0. The molecule has 0 saturated heterocycles. The smallest absolute Gasteiger partial charge is 0.186 e. The Labute approximate surface area is 203 Å². The summed E-state index contributed by atoms with van der Waals surface area (Å²) in [5, 5.41) is 5.12. The second-order valence-electron chi connectivity index (χ2n) is 8.24. The summed E-state index contributed by atoms with van der Waals surface area (Å²) in [7, 11) is 0. The first-order valence-corrected chi connectivity index (χ1v) is 11.7. The van der Waals surface area contributed by atoms with Gasteiger partial charge in [0.25, 0.3) is 0 Å². The Kier molecular flexibility index (Phi) is 6.52. The zero-order valence-corrected chi connectivity index (χ0v) is 19.3. The van der Waals surface area contributed by atoms with Crippen molar-refractivity contribution in [3.05, 3.63) is 125 Å². The molecule has 4 nitrogen and oxygen atoms in total. The lowest BCUT2D eigenvalue weighted by Gasteiger charge is -2.18. The molecule has 2 aromatic heterocycles. The highest BCUT2D eigenvalue weighted by Gasteiger charge is 2.24. The Balaban J connectivity index is 1.40. The van der Waals surface area contributed by atoms with Gasteiger partial charge in [0.1, 0.15) is 0 Å². The van der Waals surface area contributed by atoms with Crippen molar-refractivity contribution in [2.24, 2.45) is 0 Å². The third kappa shape index (κ3) is 4.79. The second kappa shape index (κ2) is 10.0. The summed E-state index contributed by atoms with van der Waals surface area (Å²) in [6.45, 7) is 0.667. The minimum atomic E-state index is -0.439. The van der Waals surface area contributed by atoms with Gasteiger partial charge in [0.15, 0.2) is 5.78 Å². The van der Waals surface area contributed by atoms with E-state index in [4.69, 9.17) is 11.6 Å². The van der Waals surface area contributed by atoms with Gasteiger partial charge in [-0.15, -0.1) is 0 Å². The van der Waals surface area contributed by atoms with E-state index >= 15 is 0 Å². The predicted molar refractivity (Wildman–Crippen MR) is 138 cm³/mol. The van der Waals surface area contributed by atoms with Gasteiger partial charge in [-0.1, -0.05) is 72.3 Å². The molecule has 0 aliphatic heterocycles. The number of nitrogens with zero attached hydrogens (tertiary/aromatic N) is 1. The van der Waals surface area contributed by atoms with Crippen molar-refractivity contribution in [3.8, 4) is 11.1 Å². The Bertz CT molecular complexity index is 1400. The second-order valence-corrected chi connectivity index (χ2v) is 8.68. The molecule has 0 spiro atoms. The first kappa shape index (κ1) is 22.1. The van der Waals surface area contributed by atoms with Gasteiger partial charge in [-0.25, -0.2) is 0 Å². The molecule has 2 N–H and O–H groups in total. The van der Waals surface area contributed by atoms with Crippen LogP contribution in [0.3, 0.4) is 0 Å². The van der Waals surface area contributed by atoms with E-state index in [2.05, 4.69) is 21.4 Å². The Morgan fingerprint density at radius 2 is 1.76 bits per heavy atom. The highest BCUT2D eigenvalue weighted by atomic mass is 35.5. The molecular weight excluding hydrogens is 442 g/mol. The van der Waals surface area contributed by atoms with Crippen molar-refractivity contribution >= 4 is 28.3 Å². The largest absolute Gasteiger partial charge is 0.360 e. The number of carbonyl (C=O) groups excluding carboxylic acids is 1. The molecule has 168 valence electrons. The van der Waals surface area contributed by atoms with Gasteiger partial charge in [-0.05, 0) is 47.4 Å². The molecule has 5 rings (SSSR count). The average Bonchev–Trinajstić information content (AvgIpc) is 3.32. The minimum absolute atomic E-state index is 0.0442. The van der Waals surface area contributed by atoms with Crippen LogP contribution in [-0.4, -0.2) is 22.3 Å². The summed E-state index contributed by atoms with van der Waals surface area (Å²) in [4.78, 5) is 21.3. The number of H-pyrrole nitrogens is 1. The number of nitrogens with one attached hydrogen (secondary N) is 2. The molecule has 0 radical (unpaired) electrons. The summed E-state index contributed by atoms with van der Waals surface area (Å²) in [5.74, 6) is 0.0442. The fraction of sp³-hybridized carbons (Fsp3) is 0.103. The zero-order chi connectivity index (χ0) is 23.3. The van der Waals surface area contributed by atoms with Gasteiger partial charge >= 0.3 is 0 Å². The first-order chi connectivity index (χ1) is 16.7. The van der Waals surface area contributed by atoms with Crippen LogP contribution in [0.4, 0.5) is 0 Å². The van der Waals surface area contributed by atoms with E-state index < -0.39 is 6.04 Å². The van der Waals surface area contributed by atoms with Crippen LogP contribution in [0.1, 0.15) is 27.5 Å². The summed E-state index contributed by atoms with van der Waals surface area (Å²) in [5.41, 5.74) is 5.83. The molecule has 1 unspecified atom stereocenters. The molecule has 34 heavy (non-hydrogen) atoms. The fourth-order valence-corrected chi connectivity index (χ4v) is 4.34. The molecule has 0 fully saturated rings. The molecule has 0 bridgehead atoms. The number of hydrogen-bond acceptors (Lipinski definition) is 3. The van der Waals surface area contributed by atoms with Crippen LogP contribution in [0, 0.1) is 0 Å². The number of carbonyl (C=O) groups is 1. The number of rotatable bonds is 8. The van der Waals surface area contributed by atoms with Gasteiger partial charge in [-0.2, -0.15) is 0 Å². The van der Waals surface area contributed by atoms with E-state index in [1.807, 2.05) is 91.3 Å². The molecule has 3 aromatic carbocycles. The van der Waals surface area contributed by atoms with Crippen LogP contribution in [0.25, 0.3) is 22.0 Å². The fourth-order valence-electron chi connectivity index (χ4n) is 4.22. The van der Waals surface area contributed by atoms with E-state index in [-0.39, 0.29) is 5.78 Å². The Morgan fingerprint density at radius 1 is 0.941 bits per heavy atom. The number of ketones is 1. The molecule has 1 atom stereocenters. The number of halogens is 1. The Hall–Kier alpha value is -3.73. The molecule has 2 heterocycles. The number of fused-ring (bicyclic) bond motifs is 1. The molecule has 0 aliphatic rings. The van der Waals surface area contributed by atoms with Crippen LogP contribution in [0.15, 0.2) is 104 Å². The van der Waals surface area contributed by atoms with Gasteiger partial charge in [0.05, 0.1) is 6.04 Å². The van der Waals surface area contributed by atoms with Gasteiger partial charge in [0, 0.05) is 52.2 Å². The Morgan fingerprint density at radius 3 is 2.53 bits per heavy atom. The molecule has 5 aromatic rings. The topological polar surface area (TPSA) is 57.8 Å². The first-order valence-electron chi connectivity index (χ1n) is 11.3. The van der Waals surface area contributed by atoms with Crippen LogP contribution >= 0.6 is 11.6 Å². The van der Waals surface area contributed by atoms with Gasteiger partial charge < -0.3 is 10.3 Å². The summed E-state index contributed by atoms with van der Waals surface area (Å²) in [6.07, 6.45) is 6.22. The SMILES string of the molecule is O=C(c1c[nH]c2cc(-c3cccnc3)ccc12)C(NCCc1ccc(Cl)cc1)c1ccccc1. The number of benzene rings is 3. The van der Waals surface area contributed by atoms with Crippen LogP contribution < -0.4 is 5.32 Å². The number of hydrogen-bond donors (Lipinski definition) is 2. The molecule has 0 aliphatic carbocycles. The van der Waals surface area contributed by atoms with E-state index in [9.17, 15) is 4.79 Å². The van der Waals surface area contributed by atoms with Crippen molar-refractivity contribution in [2.75, 3.05) is 6.54 Å². The molecule has 0 amide bonds. The van der Waals surface area contributed by atoms with Crippen molar-refractivity contribution in [1.29, 1.82) is 0 Å². The van der Waals surface area contributed by atoms with E-state index in [0.29, 0.717) is 12.1 Å². The van der Waals surface area contributed by atoms with E-state index in [1.165, 1.54) is 5.56 Å². The van der Waals surface area contributed by atoms with Crippen LogP contribution in [-0.2, 0) is 6.42 Å². The molecular formula is C29H24ClN3O. The summed E-state index contributed by atoms with van der Waals surface area (Å²) < 4.78 is 0. The maximum atomic E-state index is 13.8. The van der Waals surface area contributed by atoms with E-state index in [0.717, 1.165) is 39.0 Å². The highest BCUT2D eigenvalue weighted by Crippen LogP contribution is 2.28. The number of pyridine rings is 1. The third-order valence-electron chi connectivity index (χ3n) is 6.01. The molecule has 0 saturated carbocycles. The van der Waals surface area contributed by atoms with E-state index in [1.54, 1.807) is 6.20 Å². The van der Waals surface area contributed by atoms with Crippen molar-refractivity contribution in [2.45, 2.75) is 12.5 Å². The highest BCUT2D eigenvalue weighted by molar-refractivity contribution is 6.30. The van der Waals surface area contributed by atoms with Gasteiger partial charge in [-0.3, -0.25) is 9.78 Å². The van der Waals surface area contributed by atoms with Crippen molar-refractivity contribution < 1.29 is 4.79 Å². The minimum Gasteiger partial charge on any atom is -0.360 e. The molecule has 5 heteroatoms.